The summed E-state index contributed by atoms with van der Waals surface area (Å²) in [6.45, 7) is 2.67. The largest absolute Gasteiger partial charge is 0.349 e. The Bertz CT molecular complexity index is 364. The SMILES string of the molecule is C[C@@H](NC(=O)C1CCCC1CN)c1cccs1. The summed E-state index contributed by atoms with van der Waals surface area (Å²) >= 11 is 1.68. The second kappa shape index (κ2) is 5.65. The molecule has 17 heavy (non-hydrogen) atoms. The molecule has 3 nitrogen and oxygen atoms in total. The lowest BCUT2D eigenvalue weighted by molar-refractivity contribution is -0.126. The van der Waals surface area contributed by atoms with Gasteiger partial charge in [0.1, 0.15) is 0 Å². The van der Waals surface area contributed by atoms with Crippen molar-refractivity contribution in [3.63, 3.8) is 0 Å². The molecule has 3 N–H and O–H groups in total. The van der Waals surface area contributed by atoms with Gasteiger partial charge in [0.25, 0.3) is 0 Å². The highest BCUT2D eigenvalue weighted by Gasteiger charge is 2.32. The van der Waals surface area contributed by atoms with Gasteiger partial charge in [0, 0.05) is 10.8 Å². The third kappa shape index (κ3) is 2.87. The molecule has 0 spiro atoms. The van der Waals surface area contributed by atoms with Crippen molar-refractivity contribution in [1.29, 1.82) is 0 Å². The van der Waals surface area contributed by atoms with Gasteiger partial charge in [0.2, 0.25) is 5.91 Å². The van der Waals surface area contributed by atoms with Crippen LogP contribution in [-0.2, 0) is 4.79 Å². The van der Waals surface area contributed by atoms with E-state index in [-0.39, 0.29) is 17.9 Å². The molecule has 1 saturated carbocycles. The van der Waals surface area contributed by atoms with Crippen LogP contribution in [-0.4, -0.2) is 12.5 Å². The lowest BCUT2D eigenvalue weighted by Crippen LogP contribution is -2.36. The van der Waals surface area contributed by atoms with Gasteiger partial charge in [-0.05, 0) is 43.7 Å². The fraction of sp³-hybridized carbons (Fsp3) is 0.615. The highest BCUT2D eigenvalue weighted by atomic mass is 32.1. The van der Waals surface area contributed by atoms with Gasteiger partial charge in [-0.25, -0.2) is 0 Å². The van der Waals surface area contributed by atoms with Crippen LogP contribution in [0.5, 0.6) is 0 Å². The third-order valence-electron chi connectivity index (χ3n) is 3.63. The Hall–Kier alpha value is -0.870. The monoisotopic (exact) mass is 252 g/mol. The summed E-state index contributed by atoms with van der Waals surface area (Å²) in [6, 6.07) is 4.19. The third-order valence-corrected chi connectivity index (χ3v) is 4.68. The van der Waals surface area contributed by atoms with Gasteiger partial charge < -0.3 is 11.1 Å². The average molecular weight is 252 g/mol. The second-order valence-electron chi connectivity index (χ2n) is 4.78. The summed E-state index contributed by atoms with van der Waals surface area (Å²) < 4.78 is 0. The highest BCUT2D eigenvalue weighted by Crippen LogP contribution is 2.31. The number of amides is 1. The Morgan fingerprint density at radius 2 is 2.47 bits per heavy atom. The van der Waals surface area contributed by atoms with Crippen molar-refractivity contribution in [3.05, 3.63) is 22.4 Å². The Morgan fingerprint density at radius 1 is 1.65 bits per heavy atom. The molecule has 0 aromatic carbocycles. The van der Waals surface area contributed by atoms with E-state index in [4.69, 9.17) is 5.73 Å². The van der Waals surface area contributed by atoms with Gasteiger partial charge in [-0.2, -0.15) is 0 Å². The van der Waals surface area contributed by atoms with Gasteiger partial charge in [0.15, 0.2) is 0 Å². The van der Waals surface area contributed by atoms with Crippen molar-refractivity contribution < 1.29 is 4.79 Å². The number of rotatable bonds is 4. The summed E-state index contributed by atoms with van der Waals surface area (Å²) in [7, 11) is 0. The molecule has 0 bridgehead atoms. The maximum absolute atomic E-state index is 12.2. The summed E-state index contributed by atoms with van der Waals surface area (Å²) in [5.41, 5.74) is 5.71. The molecule has 0 saturated heterocycles. The highest BCUT2D eigenvalue weighted by molar-refractivity contribution is 7.10. The van der Waals surface area contributed by atoms with E-state index in [0.717, 1.165) is 19.3 Å². The van der Waals surface area contributed by atoms with E-state index in [2.05, 4.69) is 11.4 Å². The van der Waals surface area contributed by atoms with Crippen LogP contribution in [0, 0.1) is 11.8 Å². The molecule has 1 amide bonds. The first-order valence-electron chi connectivity index (χ1n) is 6.26. The van der Waals surface area contributed by atoms with Gasteiger partial charge in [0.05, 0.1) is 6.04 Å². The molecule has 2 rings (SSSR count). The molecule has 94 valence electrons. The van der Waals surface area contributed by atoms with E-state index in [1.54, 1.807) is 11.3 Å². The van der Waals surface area contributed by atoms with Crippen molar-refractivity contribution in [2.75, 3.05) is 6.54 Å². The summed E-state index contributed by atoms with van der Waals surface area (Å²) in [5, 5.41) is 5.14. The number of carbonyl (C=O) groups excluding carboxylic acids is 1. The van der Waals surface area contributed by atoms with Crippen molar-refractivity contribution >= 4 is 17.2 Å². The average Bonchev–Trinajstić information content (AvgIpc) is 2.99. The van der Waals surface area contributed by atoms with Gasteiger partial charge >= 0.3 is 0 Å². The standard InChI is InChI=1S/C13H20N2OS/c1-9(12-6-3-7-17-12)15-13(16)11-5-2-4-10(11)8-14/h3,6-7,9-11H,2,4-5,8,14H2,1H3,(H,15,16)/t9-,10?,11?/m1/s1. The molecule has 1 aromatic heterocycles. The first-order chi connectivity index (χ1) is 8.22. The lowest BCUT2D eigenvalue weighted by Gasteiger charge is -2.20. The Kier molecular flexibility index (Phi) is 4.18. The van der Waals surface area contributed by atoms with Crippen LogP contribution in [0.4, 0.5) is 0 Å². The minimum Gasteiger partial charge on any atom is -0.349 e. The van der Waals surface area contributed by atoms with Crippen LogP contribution in [0.3, 0.4) is 0 Å². The Balaban J connectivity index is 1.92. The number of nitrogens with one attached hydrogen (secondary N) is 1. The van der Waals surface area contributed by atoms with Crippen LogP contribution in [0.25, 0.3) is 0 Å². The summed E-state index contributed by atoms with van der Waals surface area (Å²) in [5.74, 6) is 0.687. The number of hydrogen-bond donors (Lipinski definition) is 2. The molecular formula is C13H20N2OS. The Labute approximate surface area is 106 Å². The zero-order valence-electron chi connectivity index (χ0n) is 10.2. The molecule has 3 atom stereocenters. The predicted molar refractivity (Wildman–Crippen MR) is 70.8 cm³/mol. The molecule has 2 unspecified atom stereocenters. The van der Waals surface area contributed by atoms with Crippen LogP contribution in [0.15, 0.2) is 17.5 Å². The van der Waals surface area contributed by atoms with Crippen LogP contribution in [0.1, 0.15) is 37.1 Å². The maximum atomic E-state index is 12.2. The normalized spacial score (nSPS) is 25.8. The van der Waals surface area contributed by atoms with Gasteiger partial charge in [-0.3, -0.25) is 4.79 Å². The first kappa shape index (κ1) is 12.6. The van der Waals surface area contributed by atoms with Crippen molar-refractivity contribution in [3.8, 4) is 0 Å². The van der Waals surface area contributed by atoms with E-state index < -0.39 is 0 Å². The zero-order chi connectivity index (χ0) is 12.3. The second-order valence-corrected chi connectivity index (χ2v) is 5.76. The van der Waals surface area contributed by atoms with E-state index in [0.29, 0.717) is 12.5 Å². The van der Waals surface area contributed by atoms with Crippen molar-refractivity contribution in [1.82, 2.24) is 5.32 Å². The minimum atomic E-state index is 0.113. The van der Waals surface area contributed by atoms with Gasteiger partial charge in [-0.15, -0.1) is 11.3 Å². The van der Waals surface area contributed by atoms with E-state index in [9.17, 15) is 4.79 Å². The topological polar surface area (TPSA) is 55.1 Å². The molecule has 1 fully saturated rings. The van der Waals surface area contributed by atoms with E-state index >= 15 is 0 Å². The molecule has 0 aliphatic heterocycles. The van der Waals surface area contributed by atoms with Crippen molar-refractivity contribution in [2.45, 2.75) is 32.2 Å². The predicted octanol–water partition coefficient (Wildman–Crippen LogP) is 2.30. The fourth-order valence-electron chi connectivity index (χ4n) is 2.59. The molecule has 1 heterocycles. The minimum absolute atomic E-state index is 0.113. The zero-order valence-corrected chi connectivity index (χ0v) is 11.0. The van der Waals surface area contributed by atoms with E-state index in [1.807, 2.05) is 18.4 Å². The van der Waals surface area contributed by atoms with Crippen molar-refractivity contribution in [2.24, 2.45) is 17.6 Å². The quantitative estimate of drug-likeness (QED) is 0.864. The summed E-state index contributed by atoms with van der Waals surface area (Å²) in [4.78, 5) is 13.4. The molecule has 0 radical (unpaired) electrons. The lowest BCUT2D eigenvalue weighted by atomic mass is 9.95. The number of nitrogens with two attached hydrogens (primary N) is 1. The fourth-order valence-corrected chi connectivity index (χ4v) is 3.33. The van der Waals surface area contributed by atoms with Crippen LogP contribution in [0.2, 0.25) is 0 Å². The molecular weight excluding hydrogens is 232 g/mol. The number of carbonyl (C=O) groups is 1. The molecule has 1 aliphatic rings. The maximum Gasteiger partial charge on any atom is 0.223 e. The van der Waals surface area contributed by atoms with Gasteiger partial charge in [-0.1, -0.05) is 12.5 Å². The van der Waals surface area contributed by atoms with Crippen LogP contribution < -0.4 is 11.1 Å². The number of hydrogen-bond acceptors (Lipinski definition) is 3. The number of thiophene rings is 1. The smallest absolute Gasteiger partial charge is 0.223 e. The van der Waals surface area contributed by atoms with E-state index in [1.165, 1.54) is 4.88 Å². The molecule has 1 aliphatic carbocycles. The van der Waals surface area contributed by atoms with Crippen LogP contribution >= 0.6 is 11.3 Å². The Morgan fingerprint density at radius 3 is 3.12 bits per heavy atom. The molecule has 1 aromatic rings. The molecule has 4 heteroatoms. The summed E-state index contributed by atoms with van der Waals surface area (Å²) in [6.07, 6.45) is 3.22. The first-order valence-corrected chi connectivity index (χ1v) is 7.14.